The summed E-state index contributed by atoms with van der Waals surface area (Å²) in [6, 6.07) is 0.902. The van der Waals surface area contributed by atoms with Crippen LogP contribution in [0, 0.1) is 11.8 Å². The molecule has 1 aliphatic carbocycles. The van der Waals surface area contributed by atoms with Crippen LogP contribution in [0.1, 0.15) is 16.1 Å². The van der Waals surface area contributed by atoms with E-state index in [1.54, 1.807) is 6.07 Å². The Morgan fingerprint density at radius 3 is 2.81 bits per heavy atom. The van der Waals surface area contributed by atoms with Crippen molar-refractivity contribution in [2.45, 2.75) is 12.5 Å². The van der Waals surface area contributed by atoms with Gasteiger partial charge < -0.3 is 16.2 Å². The Morgan fingerprint density at radius 2 is 2.19 bits per heavy atom. The molecule has 4 N–H and O–H groups in total. The number of nitrogens with two attached hydrogens (primary N) is 1. The molecule has 7 nitrogen and oxygen atoms in total. The van der Waals surface area contributed by atoms with Crippen molar-refractivity contribution in [2.24, 2.45) is 17.6 Å². The van der Waals surface area contributed by atoms with Crippen LogP contribution in [0.3, 0.4) is 0 Å². The molecule has 1 aromatic rings. The molecule has 3 atom stereocenters. The number of rotatable bonds is 3. The number of primary amides is 1. The summed E-state index contributed by atoms with van der Waals surface area (Å²) in [5, 5.41) is 11.8. The smallest absolute Gasteiger partial charge is 0.407 e. The number of thiophene rings is 1. The highest BCUT2D eigenvalue weighted by Crippen LogP contribution is 2.49. The summed E-state index contributed by atoms with van der Waals surface area (Å²) < 4.78 is 0.664. The predicted octanol–water partition coefficient (Wildman–Crippen LogP) is 1.55. The molecule has 21 heavy (non-hydrogen) atoms. The normalized spacial score (nSPS) is 26.3. The van der Waals surface area contributed by atoms with Crippen LogP contribution in [0.5, 0.6) is 0 Å². The summed E-state index contributed by atoms with van der Waals surface area (Å²) in [6.45, 7) is 0.397. The van der Waals surface area contributed by atoms with E-state index in [0.717, 1.165) is 17.8 Å². The van der Waals surface area contributed by atoms with Gasteiger partial charge in [-0.15, -0.1) is 11.3 Å². The zero-order valence-corrected chi connectivity index (χ0v) is 13.1. The second-order valence-electron chi connectivity index (χ2n) is 5.19. The number of hydrogen-bond acceptors (Lipinski definition) is 4. The summed E-state index contributed by atoms with van der Waals surface area (Å²) in [4.78, 5) is 36.3. The molecule has 1 aliphatic heterocycles. The van der Waals surface area contributed by atoms with E-state index in [9.17, 15) is 14.4 Å². The number of nitrogens with one attached hydrogen (secondary N) is 1. The molecule has 112 valence electrons. The van der Waals surface area contributed by atoms with E-state index in [-0.39, 0.29) is 16.7 Å². The van der Waals surface area contributed by atoms with Crippen LogP contribution in [-0.4, -0.2) is 40.5 Å². The van der Waals surface area contributed by atoms with Gasteiger partial charge in [0.1, 0.15) is 10.9 Å². The number of hydrogen-bond donors (Lipinski definition) is 3. The second kappa shape index (κ2) is 4.99. The van der Waals surface area contributed by atoms with Gasteiger partial charge in [0.25, 0.3) is 5.91 Å². The Bertz CT molecular complexity index is 646. The van der Waals surface area contributed by atoms with E-state index in [1.165, 1.54) is 4.90 Å². The van der Waals surface area contributed by atoms with Crippen molar-refractivity contribution >= 4 is 50.9 Å². The van der Waals surface area contributed by atoms with Crippen molar-refractivity contribution in [3.05, 3.63) is 14.7 Å². The number of anilines is 1. The third kappa shape index (κ3) is 2.51. The molecule has 0 bridgehead atoms. The van der Waals surface area contributed by atoms with Crippen molar-refractivity contribution in [1.29, 1.82) is 0 Å². The van der Waals surface area contributed by atoms with Crippen molar-refractivity contribution < 1.29 is 19.5 Å². The summed E-state index contributed by atoms with van der Waals surface area (Å²) in [6.07, 6.45) is -0.221. The first kappa shape index (κ1) is 14.3. The fourth-order valence-electron chi connectivity index (χ4n) is 2.84. The van der Waals surface area contributed by atoms with Crippen LogP contribution in [0.25, 0.3) is 0 Å². The van der Waals surface area contributed by atoms with Gasteiger partial charge in [-0.05, 0) is 40.3 Å². The van der Waals surface area contributed by atoms with Crippen LogP contribution >= 0.6 is 27.3 Å². The minimum absolute atomic E-state index is 0.0835. The Balaban J connectivity index is 1.80. The SMILES string of the molecule is NC(=O)c1sc(Br)cc1NC(=O)[C@@H]1[C@H]2C[C@H]2CN1C(=O)O. The standard InChI is InChI=1S/C12H12BrN3O4S/c13-7-2-6(9(21-7)10(14)17)15-11(18)8-5-1-4(5)3-16(8)12(19)20/h2,4-5,8H,1,3H2,(H2,14,17)(H,15,18)(H,19,20)/t4-,5-,8-/m0/s1. The van der Waals surface area contributed by atoms with Crippen LogP contribution in [-0.2, 0) is 4.79 Å². The third-order valence-corrected chi connectivity index (χ3v) is 5.50. The quantitative estimate of drug-likeness (QED) is 0.745. The highest BCUT2D eigenvalue weighted by atomic mass is 79.9. The number of nitrogens with zero attached hydrogens (tertiary/aromatic N) is 1. The maximum absolute atomic E-state index is 12.4. The van der Waals surface area contributed by atoms with Gasteiger partial charge >= 0.3 is 6.09 Å². The molecule has 2 heterocycles. The number of carbonyl (C=O) groups excluding carboxylic acids is 2. The monoisotopic (exact) mass is 373 g/mol. The number of piperidine rings is 1. The molecule has 2 aliphatic rings. The summed E-state index contributed by atoms with van der Waals surface area (Å²) >= 11 is 4.36. The van der Waals surface area contributed by atoms with Crippen LogP contribution < -0.4 is 11.1 Å². The fraction of sp³-hybridized carbons (Fsp3) is 0.417. The maximum atomic E-state index is 12.4. The molecule has 0 aromatic carbocycles. The van der Waals surface area contributed by atoms with Crippen LogP contribution in [0.2, 0.25) is 0 Å². The number of halogens is 1. The minimum Gasteiger partial charge on any atom is -0.465 e. The first-order valence-electron chi connectivity index (χ1n) is 6.28. The lowest BCUT2D eigenvalue weighted by molar-refractivity contribution is -0.120. The van der Waals surface area contributed by atoms with Crippen molar-refractivity contribution in [3.8, 4) is 0 Å². The molecule has 1 aromatic heterocycles. The van der Waals surface area contributed by atoms with Gasteiger partial charge in [-0.1, -0.05) is 0 Å². The topological polar surface area (TPSA) is 113 Å². The third-order valence-electron chi connectivity index (χ3n) is 3.85. The van der Waals surface area contributed by atoms with Crippen molar-refractivity contribution in [1.82, 2.24) is 4.90 Å². The van der Waals surface area contributed by atoms with Crippen molar-refractivity contribution in [3.63, 3.8) is 0 Å². The number of carbonyl (C=O) groups is 3. The zero-order valence-electron chi connectivity index (χ0n) is 10.7. The molecular weight excluding hydrogens is 362 g/mol. The minimum atomic E-state index is -1.09. The second-order valence-corrected chi connectivity index (χ2v) is 7.62. The average molecular weight is 374 g/mol. The first-order chi connectivity index (χ1) is 9.88. The first-order valence-corrected chi connectivity index (χ1v) is 7.89. The Labute approximate surface area is 132 Å². The summed E-state index contributed by atoms with van der Waals surface area (Å²) in [5.41, 5.74) is 5.58. The van der Waals surface area contributed by atoms with E-state index >= 15 is 0 Å². The van der Waals surface area contributed by atoms with E-state index in [2.05, 4.69) is 21.2 Å². The maximum Gasteiger partial charge on any atom is 0.407 e. The van der Waals surface area contributed by atoms with Crippen LogP contribution in [0.4, 0.5) is 10.5 Å². The molecular formula is C12H12BrN3O4S. The van der Waals surface area contributed by atoms with Gasteiger partial charge in [0, 0.05) is 6.54 Å². The Morgan fingerprint density at radius 1 is 1.48 bits per heavy atom. The molecule has 0 radical (unpaired) electrons. The highest BCUT2D eigenvalue weighted by Gasteiger charge is 2.57. The molecule has 3 amide bonds. The fourth-order valence-corrected chi connectivity index (χ4v) is 4.25. The Kier molecular flexibility index (Phi) is 3.40. The molecule has 1 saturated heterocycles. The van der Waals surface area contributed by atoms with E-state index in [0.29, 0.717) is 16.0 Å². The van der Waals surface area contributed by atoms with E-state index in [4.69, 9.17) is 10.8 Å². The molecule has 2 fully saturated rings. The van der Waals surface area contributed by atoms with E-state index < -0.39 is 23.9 Å². The largest absolute Gasteiger partial charge is 0.465 e. The van der Waals surface area contributed by atoms with Crippen LogP contribution in [0.15, 0.2) is 9.85 Å². The summed E-state index contributed by atoms with van der Waals surface area (Å²) in [7, 11) is 0. The van der Waals surface area contributed by atoms with E-state index in [1.807, 2.05) is 0 Å². The lowest BCUT2D eigenvalue weighted by Gasteiger charge is -2.23. The molecule has 1 saturated carbocycles. The number of amides is 3. The van der Waals surface area contributed by atoms with Gasteiger partial charge in [-0.3, -0.25) is 14.5 Å². The molecule has 0 spiro atoms. The summed E-state index contributed by atoms with van der Waals surface area (Å²) in [5.74, 6) is -0.677. The molecule has 3 rings (SSSR count). The van der Waals surface area contributed by atoms with Gasteiger partial charge in [0.15, 0.2) is 0 Å². The highest BCUT2D eigenvalue weighted by molar-refractivity contribution is 9.11. The number of likely N-dealkylation sites (tertiary alicyclic amines) is 1. The Hall–Kier alpha value is -1.61. The predicted molar refractivity (Wildman–Crippen MR) is 79.3 cm³/mol. The lowest BCUT2D eigenvalue weighted by atomic mass is 10.1. The van der Waals surface area contributed by atoms with Gasteiger partial charge in [-0.25, -0.2) is 4.79 Å². The van der Waals surface area contributed by atoms with Gasteiger partial charge in [-0.2, -0.15) is 0 Å². The number of carboxylic acid groups (broad SMARTS) is 1. The molecule has 9 heteroatoms. The number of fused-ring (bicyclic) bond motifs is 1. The van der Waals surface area contributed by atoms with Crippen molar-refractivity contribution in [2.75, 3.05) is 11.9 Å². The zero-order chi connectivity index (χ0) is 15.3. The average Bonchev–Trinajstić information content (AvgIpc) is 2.88. The van der Waals surface area contributed by atoms with Gasteiger partial charge in [0.2, 0.25) is 5.91 Å². The van der Waals surface area contributed by atoms with Gasteiger partial charge in [0.05, 0.1) is 9.47 Å². The lowest BCUT2D eigenvalue weighted by Crippen LogP contribution is -2.45. The molecule has 0 unspecified atom stereocenters.